The van der Waals surface area contributed by atoms with E-state index in [4.69, 9.17) is 0 Å². The molecule has 2 heteroatoms. The Morgan fingerprint density at radius 2 is 1.78 bits per heavy atom. The van der Waals surface area contributed by atoms with Gasteiger partial charge in [-0.1, -0.05) is 18.2 Å². The van der Waals surface area contributed by atoms with Crippen molar-refractivity contribution in [2.75, 3.05) is 0 Å². The number of hydrogen-bond donors (Lipinski definition) is 0. The summed E-state index contributed by atoms with van der Waals surface area (Å²) in [5.74, 6) is 0.293. The van der Waals surface area contributed by atoms with E-state index < -0.39 is 0 Å². The maximum atomic E-state index is 11.9. The lowest BCUT2D eigenvalue weighted by Crippen LogP contribution is -2.13. The van der Waals surface area contributed by atoms with Crippen LogP contribution in [0.1, 0.15) is 40.0 Å². The first-order valence-corrected chi connectivity index (χ1v) is 6.48. The Bertz CT molecular complexity index is 602. The largest absolute Gasteiger partial charge is 0.320 e. The average Bonchev–Trinajstić information content (AvgIpc) is 2.75. The summed E-state index contributed by atoms with van der Waals surface area (Å²) in [5.41, 5.74) is 5.85. The van der Waals surface area contributed by atoms with Crippen LogP contribution in [0.25, 0.3) is 5.69 Å². The molecule has 1 aliphatic carbocycles. The van der Waals surface area contributed by atoms with Crippen molar-refractivity contribution in [2.24, 2.45) is 0 Å². The van der Waals surface area contributed by atoms with Crippen LogP contribution in [0.15, 0.2) is 30.5 Å². The lowest BCUT2D eigenvalue weighted by atomic mass is 9.96. The fraction of sp³-hybridized carbons (Fsp3) is 0.312. The molecule has 0 fully saturated rings. The van der Waals surface area contributed by atoms with Gasteiger partial charge >= 0.3 is 0 Å². The molecule has 2 aromatic rings. The van der Waals surface area contributed by atoms with Crippen LogP contribution < -0.4 is 0 Å². The van der Waals surface area contributed by atoms with Crippen molar-refractivity contribution in [3.63, 3.8) is 0 Å². The number of benzene rings is 1. The first-order chi connectivity index (χ1) is 8.68. The minimum absolute atomic E-state index is 0.293. The summed E-state index contributed by atoms with van der Waals surface area (Å²) < 4.78 is 2.21. The molecular weight excluding hydrogens is 222 g/mol. The van der Waals surface area contributed by atoms with Crippen LogP contribution in [0, 0.1) is 13.8 Å². The minimum Gasteiger partial charge on any atom is -0.320 e. The van der Waals surface area contributed by atoms with Crippen molar-refractivity contribution >= 4 is 5.78 Å². The Labute approximate surface area is 107 Å². The maximum Gasteiger partial charge on any atom is 0.164 e. The molecule has 1 aliphatic rings. The van der Waals surface area contributed by atoms with Crippen molar-refractivity contribution in [1.82, 2.24) is 4.57 Å². The Morgan fingerprint density at radius 3 is 2.50 bits per heavy atom. The summed E-state index contributed by atoms with van der Waals surface area (Å²) in [6.07, 6.45) is 4.72. The molecule has 0 unspecified atom stereocenters. The normalized spacial score (nSPS) is 14.7. The van der Waals surface area contributed by atoms with E-state index in [0.717, 1.165) is 18.4 Å². The third-order valence-electron chi connectivity index (χ3n) is 3.79. The topological polar surface area (TPSA) is 22.0 Å². The Balaban J connectivity index is 2.22. The highest BCUT2D eigenvalue weighted by Crippen LogP contribution is 2.28. The van der Waals surface area contributed by atoms with Crippen molar-refractivity contribution in [3.05, 3.63) is 52.8 Å². The molecular formula is C16H17NO. The number of fused-ring (bicyclic) bond motifs is 1. The molecule has 18 heavy (non-hydrogen) atoms. The number of nitrogens with zero attached hydrogens (tertiary/aromatic N) is 1. The molecule has 0 atom stereocenters. The molecule has 0 N–H and O–H groups in total. The predicted molar refractivity (Wildman–Crippen MR) is 72.5 cm³/mol. The van der Waals surface area contributed by atoms with E-state index in [1.807, 2.05) is 12.3 Å². The van der Waals surface area contributed by atoms with Gasteiger partial charge in [0, 0.05) is 23.9 Å². The van der Waals surface area contributed by atoms with Gasteiger partial charge in [0.2, 0.25) is 0 Å². The number of carbonyl (C=O) groups excluding carboxylic acids is 1. The molecule has 0 bridgehead atoms. The highest BCUT2D eigenvalue weighted by atomic mass is 16.1. The molecule has 3 rings (SSSR count). The van der Waals surface area contributed by atoms with Crippen molar-refractivity contribution in [1.29, 1.82) is 0 Å². The number of Topliss-reactive ketones (excluding diaryl/α,β-unsaturated/α-hetero) is 1. The molecule has 0 saturated carbocycles. The van der Waals surface area contributed by atoms with Gasteiger partial charge in [-0.3, -0.25) is 4.79 Å². The average molecular weight is 239 g/mol. The second-order valence-corrected chi connectivity index (χ2v) is 5.06. The first-order valence-electron chi connectivity index (χ1n) is 6.48. The summed E-state index contributed by atoms with van der Waals surface area (Å²) >= 11 is 0. The quantitative estimate of drug-likeness (QED) is 0.745. The number of aromatic nitrogens is 1. The van der Waals surface area contributed by atoms with Gasteiger partial charge in [-0.25, -0.2) is 0 Å². The van der Waals surface area contributed by atoms with Crippen LogP contribution in [0.2, 0.25) is 0 Å². The van der Waals surface area contributed by atoms with Gasteiger partial charge < -0.3 is 4.57 Å². The maximum absolute atomic E-state index is 11.9. The van der Waals surface area contributed by atoms with Crippen LogP contribution in [-0.2, 0) is 6.42 Å². The fourth-order valence-electron chi connectivity index (χ4n) is 2.92. The molecule has 92 valence electrons. The van der Waals surface area contributed by atoms with Crippen LogP contribution >= 0.6 is 0 Å². The zero-order chi connectivity index (χ0) is 12.7. The van der Waals surface area contributed by atoms with Gasteiger partial charge in [0.05, 0.1) is 5.69 Å². The number of hydrogen-bond acceptors (Lipinski definition) is 1. The number of rotatable bonds is 1. The summed E-state index contributed by atoms with van der Waals surface area (Å²) in [5, 5.41) is 0. The van der Waals surface area contributed by atoms with Crippen LogP contribution in [-0.4, -0.2) is 10.4 Å². The van der Waals surface area contributed by atoms with E-state index in [2.05, 4.69) is 36.6 Å². The number of ketones is 1. The number of para-hydroxylation sites is 1. The van der Waals surface area contributed by atoms with Crippen molar-refractivity contribution in [3.8, 4) is 5.69 Å². The summed E-state index contributed by atoms with van der Waals surface area (Å²) in [6.45, 7) is 4.25. The van der Waals surface area contributed by atoms with Gasteiger partial charge in [-0.15, -0.1) is 0 Å². The van der Waals surface area contributed by atoms with E-state index in [9.17, 15) is 4.79 Å². The van der Waals surface area contributed by atoms with E-state index >= 15 is 0 Å². The van der Waals surface area contributed by atoms with Crippen molar-refractivity contribution in [2.45, 2.75) is 33.1 Å². The Kier molecular flexibility index (Phi) is 2.58. The van der Waals surface area contributed by atoms with Crippen LogP contribution in [0.3, 0.4) is 0 Å². The van der Waals surface area contributed by atoms with E-state index in [1.165, 1.54) is 22.5 Å². The van der Waals surface area contributed by atoms with Gasteiger partial charge in [0.1, 0.15) is 0 Å². The van der Waals surface area contributed by atoms with E-state index in [1.54, 1.807) is 0 Å². The SMILES string of the molecule is Cc1cccc(C)c1-n1ccc2c1CCCC2=O. The first kappa shape index (κ1) is 11.3. The highest BCUT2D eigenvalue weighted by molar-refractivity contribution is 5.98. The molecule has 0 aliphatic heterocycles. The van der Waals surface area contributed by atoms with E-state index in [-0.39, 0.29) is 0 Å². The molecule has 0 spiro atoms. The lowest BCUT2D eigenvalue weighted by Gasteiger charge is -2.18. The molecule has 0 amide bonds. The number of carbonyl (C=O) groups is 1. The monoisotopic (exact) mass is 239 g/mol. The second kappa shape index (κ2) is 4.13. The minimum atomic E-state index is 0.293. The van der Waals surface area contributed by atoms with Crippen LogP contribution in [0.4, 0.5) is 0 Å². The third kappa shape index (κ3) is 1.60. The van der Waals surface area contributed by atoms with Crippen LogP contribution in [0.5, 0.6) is 0 Å². The fourth-order valence-corrected chi connectivity index (χ4v) is 2.92. The standard InChI is InChI=1S/C16H17NO/c1-11-5-3-6-12(2)16(11)17-10-9-13-14(17)7-4-8-15(13)18/h3,5-6,9-10H,4,7-8H2,1-2H3. The highest BCUT2D eigenvalue weighted by Gasteiger charge is 2.21. The molecule has 1 heterocycles. The molecule has 0 saturated heterocycles. The lowest BCUT2D eigenvalue weighted by molar-refractivity contribution is 0.0972. The molecule has 1 aromatic heterocycles. The zero-order valence-electron chi connectivity index (χ0n) is 10.9. The van der Waals surface area contributed by atoms with Gasteiger partial charge in [-0.05, 0) is 43.9 Å². The van der Waals surface area contributed by atoms with Gasteiger partial charge in [-0.2, -0.15) is 0 Å². The van der Waals surface area contributed by atoms with E-state index in [0.29, 0.717) is 12.2 Å². The van der Waals surface area contributed by atoms with Gasteiger partial charge in [0.25, 0.3) is 0 Å². The summed E-state index contributed by atoms with van der Waals surface area (Å²) in [4.78, 5) is 11.9. The Morgan fingerprint density at radius 1 is 1.06 bits per heavy atom. The Hall–Kier alpha value is -1.83. The molecule has 0 radical (unpaired) electrons. The molecule has 1 aromatic carbocycles. The summed E-state index contributed by atoms with van der Waals surface area (Å²) in [6, 6.07) is 8.30. The van der Waals surface area contributed by atoms with Gasteiger partial charge in [0.15, 0.2) is 5.78 Å². The zero-order valence-corrected chi connectivity index (χ0v) is 10.9. The second-order valence-electron chi connectivity index (χ2n) is 5.06. The third-order valence-corrected chi connectivity index (χ3v) is 3.79. The summed E-state index contributed by atoms with van der Waals surface area (Å²) in [7, 11) is 0. The molecule has 2 nitrogen and oxygen atoms in total. The predicted octanol–water partition coefficient (Wildman–Crippen LogP) is 3.61. The van der Waals surface area contributed by atoms with Crippen molar-refractivity contribution < 1.29 is 4.79 Å². The number of aryl methyl sites for hydroxylation is 2. The smallest absolute Gasteiger partial charge is 0.164 e.